The van der Waals surface area contributed by atoms with E-state index in [2.05, 4.69) is 18.7 Å². The fourth-order valence-corrected chi connectivity index (χ4v) is 3.46. The average Bonchev–Trinajstić information content (AvgIpc) is 2.53. The summed E-state index contributed by atoms with van der Waals surface area (Å²) < 4.78 is 5.75. The standard InChI is InChI=1S/C17H30N2O4/c1-13(2)19-9-10-23-15(12-19)11-16(20)18-7-5-14(6-8-18)3-4-17(21)22/h13-15H,3-12H2,1-2H3,(H,21,22)/t15-/m0/s1. The molecule has 2 aliphatic heterocycles. The largest absolute Gasteiger partial charge is 0.481 e. The van der Waals surface area contributed by atoms with Gasteiger partial charge in [-0.3, -0.25) is 14.5 Å². The molecule has 0 aromatic rings. The Morgan fingerprint density at radius 1 is 1.22 bits per heavy atom. The molecular weight excluding hydrogens is 296 g/mol. The molecule has 132 valence electrons. The molecule has 23 heavy (non-hydrogen) atoms. The van der Waals surface area contributed by atoms with Crippen molar-refractivity contribution < 1.29 is 19.4 Å². The number of likely N-dealkylation sites (tertiary alicyclic amines) is 1. The molecule has 0 spiro atoms. The first-order chi connectivity index (χ1) is 11.0. The Labute approximate surface area is 138 Å². The van der Waals surface area contributed by atoms with Crippen LogP contribution < -0.4 is 0 Å². The minimum atomic E-state index is -0.729. The number of piperidine rings is 1. The molecule has 0 radical (unpaired) electrons. The van der Waals surface area contributed by atoms with Gasteiger partial charge in [0, 0.05) is 38.6 Å². The second-order valence-corrected chi connectivity index (χ2v) is 7.04. The molecule has 6 nitrogen and oxygen atoms in total. The molecule has 1 amide bonds. The zero-order valence-corrected chi connectivity index (χ0v) is 14.4. The van der Waals surface area contributed by atoms with Gasteiger partial charge in [0.05, 0.1) is 19.1 Å². The number of ether oxygens (including phenoxy) is 1. The monoisotopic (exact) mass is 326 g/mol. The van der Waals surface area contributed by atoms with Crippen molar-refractivity contribution in [2.75, 3.05) is 32.8 Å². The minimum Gasteiger partial charge on any atom is -0.481 e. The Kier molecular flexibility index (Phi) is 6.84. The predicted molar refractivity (Wildman–Crippen MR) is 87.2 cm³/mol. The summed E-state index contributed by atoms with van der Waals surface area (Å²) >= 11 is 0. The lowest BCUT2D eigenvalue weighted by molar-refractivity contribution is -0.139. The van der Waals surface area contributed by atoms with Crippen LogP contribution in [0.2, 0.25) is 0 Å². The first-order valence-corrected chi connectivity index (χ1v) is 8.81. The van der Waals surface area contributed by atoms with Crippen molar-refractivity contribution in [2.45, 2.75) is 58.1 Å². The van der Waals surface area contributed by atoms with E-state index in [-0.39, 0.29) is 18.4 Å². The van der Waals surface area contributed by atoms with E-state index >= 15 is 0 Å². The topological polar surface area (TPSA) is 70.1 Å². The molecule has 2 heterocycles. The minimum absolute atomic E-state index is 0.00313. The molecule has 2 rings (SSSR count). The fourth-order valence-electron chi connectivity index (χ4n) is 3.46. The van der Waals surface area contributed by atoms with E-state index in [4.69, 9.17) is 9.84 Å². The van der Waals surface area contributed by atoms with Gasteiger partial charge in [0.25, 0.3) is 0 Å². The Morgan fingerprint density at radius 2 is 1.91 bits per heavy atom. The molecular formula is C17H30N2O4. The number of morpholine rings is 1. The molecule has 0 saturated carbocycles. The molecule has 2 fully saturated rings. The van der Waals surface area contributed by atoms with Gasteiger partial charge in [0.2, 0.25) is 5.91 Å². The molecule has 2 aliphatic rings. The number of nitrogens with zero attached hydrogens (tertiary/aromatic N) is 2. The Hall–Kier alpha value is -1.14. The SMILES string of the molecule is CC(C)N1CCO[C@@H](CC(=O)N2CCC(CCC(=O)O)CC2)C1. The highest BCUT2D eigenvalue weighted by molar-refractivity contribution is 5.76. The first kappa shape index (κ1) is 18.2. The highest BCUT2D eigenvalue weighted by atomic mass is 16.5. The lowest BCUT2D eigenvalue weighted by atomic mass is 9.92. The maximum atomic E-state index is 12.4. The van der Waals surface area contributed by atoms with Gasteiger partial charge >= 0.3 is 5.97 Å². The summed E-state index contributed by atoms with van der Waals surface area (Å²) in [5.41, 5.74) is 0. The number of aliphatic carboxylic acids is 1. The van der Waals surface area contributed by atoms with Crippen LogP contribution in [0.15, 0.2) is 0 Å². The van der Waals surface area contributed by atoms with Crippen LogP contribution in [0, 0.1) is 5.92 Å². The normalized spacial score (nSPS) is 24.1. The summed E-state index contributed by atoms with van der Waals surface area (Å²) in [7, 11) is 0. The maximum Gasteiger partial charge on any atom is 0.303 e. The highest BCUT2D eigenvalue weighted by Crippen LogP contribution is 2.23. The van der Waals surface area contributed by atoms with Crippen molar-refractivity contribution in [2.24, 2.45) is 5.92 Å². The van der Waals surface area contributed by atoms with Crippen molar-refractivity contribution in [3.8, 4) is 0 Å². The molecule has 0 unspecified atom stereocenters. The van der Waals surface area contributed by atoms with Crippen molar-refractivity contribution in [1.29, 1.82) is 0 Å². The average molecular weight is 326 g/mol. The summed E-state index contributed by atoms with van der Waals surface area (Å²) in [6, 6.07) is 0.487. The number of carbonyl (C=O) groups excluding carboxylic acids is 1. The fraction of sp³-hybridized carbons (Fsp3) is 0.882. The molecule has 6 heteroatoms. The summed E-state index contributed by atoms with van der Waals surface area (Å²) in [5, 5.41) is 8.74. The molecule has 1 atom stereocenters. The molecule has 0 aliphatic carbocycles. The van der Waals surface area contributed by atoms with Crippen LogP contribution in [-0.4, -0.2) is 71.7 Å². The first-order valence-electron chi connectivity index (χ1n) is 8.81. The summed E-state index contributed by atoms with van der Waals surface area (Å²) in [6.07, 6.45) is 3.27. The van der Waals surface area contributed by atoms with Crippen LogP contribution in [0.3, 0.4) is 0 Å². The second kappa shape index (κ2) is 8.64. The Bertz CT molecular complexity index is 405. The van der Waals surface area contributed by atoms with Gasteiger partial charge in [-0.05, 0) is 39.0 Å². The van der Waals surface area contributed by atoms with E-state index in [0.29, 0.717) is 25.0 Å². The van der Waals surface area contributed by atoms with Crippen molar-refractivity contribution in [1.82, 2.24) is 9.80 Å². The van der Waals surface area contributed by atoms with E-state index < -0.39 is 5.97 Å². The van der Waals surface area contributed by atoms with Crippen molar-refractivity contribution in [3.05, 3.63) is 0 Å². The molecule has 2 saturated heterocycles. The third-order valence-electron chi connectivity index (χ3n) is 5.04. The molecule has 0 aromatic carbocycles. The third kappa shape index (κ3) is 5.77. The van der Waals surface area contributed by atoms with Crippen LogP contribution in [0.5, 0.6) is 0 Å². The lowest BCUT2D eigenvalue weighted by Crippen LogP contribution is -2.48. The number of carboxylic acids is 1. The lowest BCUT2D eigenvalue weighted by Gasteiger charge is -2.37. The van der Waals surface area contributed by atoms with Gasteiger partial charge < -0.3 is 14.7 Å². The zero-order valence-electron chi connectivity index (χ0n) is 14.4. The van der Waals surface area contributed by atoms with Gasteiger partial charge in [-0.2, -0.15) is 0 Å². The van der Waals surface area contributed by atoms with Gasteiger partial charge in [0.1, 0.15) is 0 Å². The van der Waals surface area contributed by atoms with Crippen molar-refractivity contribution >= 4 is 11.9 Å². The van der Waals surface area contributed by atoms with Crippen molar-refractivity contribution in [3.63, 3.8) is 0 Å². The van der Waals surface area contributed by atoms with E-state index in [1.54, 1.807) is 0 Å². The van der Waals surface area contributed by atoms with Crippen LogP contribution in [-0.2, 0) is 14.3 Å². The highest BCUT2D eigenvalue weighted by Gasteiger charge is 2.28. The summed E-state index contributed by atoms with van der Waals surface area (Å²) in [5.74, 6) is -0.109. The number of carbonyl (C=O) groups is 2. The smallest absolute Gasteiger partial charge is 0.303 e. The van der Waals surface area contributed by atoms with Gasteiger partial charge in [-0.25, -0.2) is 0 Å². The molecule has 0 aromatic heterocycles. The summed E-state index contributed by atoms with van der Waals surface area (Å²) in [4.78, 5) is 27.4. The van der Waals surface area contributed by atoms with Gasteiger partial charge in [-0.15, -0.1) is 0 Å². The quantitative estimate of drug-likeness (QED) is 0.803. The van der Waals surface area contributed by atoms with Crippen LogP contribution in [0.25, 0.3) is 0 Å². The zero-order chi connectivity index (χ0) is 16.8. The van der Waals surface area contributed by atoms with Crippen LogP contribution in [0.1, 0.15) is 46.0 Å². The molecule has 1 N–H and O–H groups in total. The van der Waals surface area contributed by atoms with E-state index in [9.17, 15) is 9.59 Å². The Balaban J connectivity index is 1.71. The van der Waals surface area contributed by atoms with E-state index in [1.807, 2.05) is 4.90 Å². The van der Waals surface area contributed by atoms with Crippen LogP contribution >= 0.6 is 0 Å². The number of carboxylic acid groups (broad SMARTS) is 1. The number of hydrogen-bond donors (Lipinski definition) is 1. The number of rotatable bonds is 6. The van der Waals surface area contributed by atoms with Crippen LogP contribution in [0.4, 0.5) is 0 Å². The third-order valence-corrected chi connectivity index (χ3v) is 5.04. The van der Waals surface area contributed by atoms with Gasteiger partial charge in [0.15, 0.2) is 0 Å². The van der Waals surface area contributed by atoms with E-state index in [0.717, 1.165) is 45.4 Å². The number of hydrogen-bond acceptors (Lipinski definition) is 4. The summed E-state index contributed by atoms with van der Waals surface area (Å²) in [6.45, 7) is 8.33. The molecule has 0 bridgehead atoms. The Morgan fingerprint density at radius 3 is 2.52 bits per heavy atom. The van der Waals surface area contributed by atoms with Gasteiger partial charge in [-0.1, -0.05) is 0 Å². The maximum absolute atomic E-state index is 12.4. The number of amides is 1. The second-order valence-electron chi connectivity index (χ2n) is 7.04. The predicted octanol–water partition coefficient (Wildman–Crippen LogP) is 1.59. The van der Waals surface area contributed by atoms with E-state index in [1.165, 1.54) is 0 Å².